The lowest BCUT2D eigenvalue weighted by molar-refractivity contribution is -0.128. The molecular weight excluding hydrogens is 284 g/mol. The minimum absolute atomic E-state index is 0.152. The van der Waals surface area contributed by atoms with Crippen LogP contribution in [0.25, 0.3) is 0 Å². The molecule has 1 aromatic rings. The molecule has 1 aliphatic rings. The molecule has 2 rings (SSSR count). The number of hydrogen-bond acceptors (Lipinski definition) is 5. The van der Waals surface area contributed by atoms with E-state index in [1.807, 2.05) is 18.2 Å². The van der Waals surface area contributed by atoms with Crippen LogP contribution in [0.3, 0.4) is 0 Å². The van der Waals surface area contributed by atoms with Gasteiger partial charge in [0.05, 0.1) is 20.3 Å². The van der Waals surface area contributed by atoms with E-state index < -0.39 is 0 Å². The lowest BCUT2D eigenvalue weighted by Crippen LogP contribution is -2.24. The lowest BCUT2D eigenvalue weighted by atomic mass is 9.81. The van der Waals surface area contributed by atoms with Gasteiger partial charge in [-0.15, -0.1) is 0 Å². The average molecular weight is 308 g/mol. The standard InChI is InChI=1S/C17H24O5/c1-19-11-22-17(12-5-4-6-13(18)9-12)15-8-7-14(20-2)10-16(15)21-3/h7-8,10,12,17H,4-6,9,11H2,1-3H3. The number of carbonyl (C=O) groups excluding carboxylic acids is 1. The number of ketones is 1. The fraction of sp³-hybridized carbons (Fsp3) is 0.588. The molecule has 5 nitrogen and oxygen atoms in total. The van der Waals surface area contributed by atoms with Crippen molar-refractivity contribution in [3.63, 3.8) is 0 Å². The Morgan fingerprint density at radius 3 is 2.68 bits per heavy atom. The number of hydrogen-bond donors (Lipinski definition) is 0. The molecule has 1 aliphatic carbocycles. The Morgan fingerprint density at radius 1 is 1.23 bits per heavy atom. The van der Waals surface area contributed by atoms with Crippen LogP contribution in [0.5, 0.6) is 11.5 Å². The Hall–Kier alpha value is -1.59. The van der Waals surface area contributed by atoms with Crippen molar-refractivity contribution in [1.82, 2.24) is 0 Å². The first kappa shape index (κ1) is 16.8. The van der Waals surface area contributed by atoms with E-state index in [1.54, 1.807) is 21.3 Å². The first-order valence-corrected chi connectivity index (χ1v) is 7.53. The number of methoxy groups -OCH3 is 3. The molecule has 1 aromatic carbocycles. The SMILES string of the molecule is COCOC(c1ccc(OC)cc1OC)C1CCCC(=O)C1. The zero-order chi connectivity index (χ0) is 15.9. The fourth-order valence-electron chi connectivity index (χ4n) is 2.99. The topological polar surface area (TPSA) is 54.0 Å². The van der Waals surface area contributed by atoms with E-state index in [2.05, 4.69) is 0 Å². The minimum atomic E-state index is -0.218. The van der Waals surface area contributed by atoms with E-state index in [9.17, 15) is 4.79 Å². The Bertz CT molecular complexity index is 500. The largest absolute Gasteiger partial charge is 0.497 e. The van der Waals surface area contributed by atoms with Crippen LogP contribution in [0.15, 0.2) is 18.2 Å². The molecule has 0 amide bonds. The van der Waals surface area contributed by atoms with E-state index in [-0.39, 0.29) is 18.8 Å². The summed E-state index contributed by atoms with van der Waals surface area (Å²) in [6, 6.07) is 5.66. The fourth-order valence-corrected chi connectivity index (χ4v) is 2.99. The molecule has 0 aromatic heterocycles. The average Bonchev–Trinajstić information content (AvgIpc) is 2.55. The van der Waals surface area contributed by atoms with Gasteiger partial charge in [0.15, 0.2) is 0 Å². The number of rotatable bonds is 7. The molecule has 0 aliphatic heterocycles. The molecule has 0 spiro atoms. The molecule has 0 radical (unpaired) electrons. The summed E-state index contributed by atoms with van der Waals surface area (Å²) in [4.78, 5) is 11.8. The summed E-state index contributed by atoms with van der Waals surface area (Å²) in [5.74, 6) is 1.89. The quantitative estimate of drug-likeness (QED) is 0.724. The summed E-state index contributed by atoms with van der Waals surface area (Å²) in [6.07, 6.45) is 2.88. The van der Waals surface area contributed by atoms with Crippen LogP contribution in [0, 0.1) is 5.92 Å². The van der Waals surface area contributed by atoms with Gasteiger partial charge in [0.2, 0.25) is 0 Å². The van der Waals surface area contributed by atoms with Crippen LogP contribution in [0.1, 0.15) is 37.4 Å². The number of benzene rings is 1. The van der Waals surface area contributed by atoms with Gasteiger partial charge in [-0.05, 0) is 30.9 Å². The van der Waals surface area contributed by atoms with Crippen molar-refractivity contribution in [2.45, 2.75) is 31.8 Å². The monoisotopic (exact) mass is 308 g/mol. The highest BCUT2D eigenvalue weighted by atomic mass is 16.7. The van der Waals surface area contributed by atoms with E-state index in [4.69, 9.17) is 18.9 Å². The maximum absolute atomic E-state index is 11.8. The van der Waals surface area contributed by atoms with Gasteiger partial charge in [0.25, 0.3) is 0 Å². The minimum Gasteiger partial charge on any atom is -0.497 e. The summed E-state index contributed by atoms with van der Waals surface area (Å²) < 4.78 is 21.7. The smallest absolute Gasteiger partial charge is 0.147 e. The normalized spacial score (nSPS) is 19.8. The Morgan fingerprint density at radius 2 is 2.05 bits per heavy atom. The van der Waals surface area contributed by atoms with Crippen molar-refractivity contribution in [3.8, 4) is 11.5 Å². The molecule has 2 atom stereocenters. The highest BCUT2D eigenvalue weighted by Crippen LogP contribution is 2.40. The van der Waals surface area contributed by atoms with E-state index in [0.717, 1.165) is 24.2 Å². The maximum Gasteiger partial charge on any atom is 0.147 e. The molecule has 0 bridgehead atoms. The molecule has 1 fully saturated rings. The number of carbonyl (C=O) groups is 1. The third-order valence-corrected chi connectivity index (χ3v) is 4.06. The molecular formula is C17H24O5. The predicted molar refractivity (Wildman–Crippen MR) is 82.2 cm³/mol. The van der Waals surface area contributed by atoms with Gasteiger partial charge in [0, 0.05) is 31.6 Å². The molecule has 22 heavy (non-hydrogen) atoms. The summed E-state index contributed by atoms with van der Waals surface area (Å²) in [7, 11) is 4.83. The van der Waals surface area contributed by atoms with Crippen molar-refractivity contribution in [1.29, 1.82) is 0 Å². The zero-order valence-electron chi connectivity index (χ0n) is 13.5. The maximum atomic E-state index is 11.8. The highest BCUT2D eigenvalue weighted by Gasteiger charge is 2.31. The van der Waals surface area contributed by atoms with Crippen LogP contribution in [0.2, 0.25) is 0 Å². The molecule has 0 heterocycles. The first-order chi connectivity index (χ1) is 10.7. The third kappa shape index (κ3) is 3.99. The van der Waals surface area contributed by atoms with Gasteiger partial charge in [-0.3, -0.25) is 4.79 Å². The van der Waals surface area contributed by atoms with Crippen LogP contribution in [-0.4, -0.2) is 33.9 Å². The third-order valence-electron chi connectivity index (χ3n) is 4.06. The molecule has 0 saturated heterocycles. The van der Waals surface area contributed by atoms with Crippen LogP contribution in [0.4, 0.5) is 0 Å². The van der Waals surface area contributed by atoms with Gasteiger partial charge < -0.3 is 18.9 Å². The second kappa shape index (κ2) is 8.15. The van der Waals surface area contributed by atoms with Gasteiger partial charge in [-0.1, -0.05) is 0 Å². The van der Waals surface area contributed by atoms with Crippen molar-refractivity contribution in [2.24, 2.45) is 5.92 Å². The van der Waals surface area contributed by atoms with Crippen LogP contribution < -0.4 is 9.47 Å². The van der Waals surface area contributed by atoms with Crippen molar-refractivity contribution < 1.29 is 23.7 Å². The Kier molecular flexibility index (Phi) is 6.21. The molecule has 0 N–H and O–H groups in total. The number of Topliss-reactive ketones (excluding diaryl/α,β-unsaturated/α-hetero) is 1. The molecule has 2 unspecified atom stereocenters. The summed E-state index contributed by atoms with van der Waals surface area (Å²) in [6.45, 7) is 0.185. The van der Waals surface area contributed by atoms with Gasteiger partial charge in [-0.2, -0.15) is 0 Å². The van der Waals surface area contributed by atoms with Crippen molar-refractivity contribution in [3.05, 3.63) is 23.8 Å². The van der Waals surface area contributed by atoms with Crippen molar-refractivity contribution in [2.75, 3.05) is 28.1 Å². The summed E-state index contributed by atoms with van der Waals surface area (Å²) >= 11 is 0. The molecule has 1 saturated carbocycles. The van der Waals surface area contributed by atoms with E-state index in [0.29, 0.717) is 24.4 Å². The van der Waals surface area contributed by atoms with E-state index >= 15 is 0 Å². The van der Waals surface area contributed by atoms with Gasteiger partial charge in [0.1, 0.15) is 24.1 Å². The van der Waals surface area contributed by atoms with Crippen LogP contribution in [-0.2, 0) is 14.3 Å². The summed E-state index contributed by atoms with van der Waals surface area (Å²) in [5, 5.41) is 0. The Labute approximate surface area is 131 Å². The van der Waals surface area contributed by atoms with Gasteiger partial charge >= 0.3 is 0 Å². The second-order valence-electron chi connectivity index (χ2n) is 5.50. The van der Waals surface area contributed by atoms with Gasteiger partial charge in [-0.25, -0.2) is 0 Å². The van der Waals surface area contributed by atoms with Crippen LogP contribution >= 0.6 is 0 Å². The second-order valence-corrected chi connectivity index (χ2v) is 5.50. The number of ether oxygens (including phenoxy) is 4. The lowest BCUT2D eigenvalue weighted by Gasteiger charge is -2.30. The van der Waals surface area contributed by atoms with E-state index in [1.165, 1.54) is 0 Å². The Balaban J connectivity index is 2.29. The zero-order valence-corrected chi connectivity index (χ0v) is 13.5. The molecule has 122 valence electrons. The summed E-state index contributed by atoms with van der Waals surface area (Å²) in [5.41, 5.74) is 0.931. The van der Waals surface area contributed by atoms with Crippen molar-refractivity contribution >= 4 is 5.78 Å². The molecule has 5 heteroatoms. The predicted octanol–water partition coefficient (Wildman–Crippen LogP) is 3.12. The first-order valence-electron chi connectivity index (χ1n) is 7.53. The highest BCUT2D eigenvalue weighted by molar-refractivity contribution is 5.79.